The van der Waals surface area contributed by atoms with Gasteiger partial charge < -0.3 is 0 Å². The van der Waals surface area contributed by atoms with Gasteiger partial charge in [-0.25, -0.2) is 4.98 Å². The zero-order valence-corrected chi connectivity index (χ0v) is 15.2. The van der Waals surface area contributed by atoms with Crippen LogP contribution in [0.1, 0.15) is 23.6 Å². The lowest BCUT2D eigenvalue weighted by atomic mass is 9.90. The topological polar surface area (TPSA) is 12.9 Å². The van der Waals surface area contributed by atoms with Gasteiger partial charge in [-0.15, -0.1) is 0 Å². The van der Waals surface area contributed by atoms with Gasteiger partial charge in [-0.1, -0.05) is 61.2 Å². The van der Waals surface area contributed by atoms with Crippen LogP contribution in [0.2, 0.25) is 0 Å². The van der Waals surface area contributed by atoms with Crippen LogP contribution in [0.15, 0.2) is 73.8 Å². The molecule has 0 radical (unpaired) electrons. The standard InChI is InChI=1S/C25H21N/c1-5-18-14-21(23-13-12-19-8-6-7-9-22(19)26-23)15-20-11-10-17(4)24(16(2)3)25(18)20/h5-15H,1-2H2,3-4H3. The van der Waals surface area contributed by atoms with Crippen molar-refractivity contribution in [3.63, 3.8) is 0 Å². The molecule has 0 atom stereocenters. The lowest BCUT2D eigenvalue weighted by Crippen LogP contribution is -1.93. The third-order valence-electron chi connectivity index (χ3n) is 4.90. The van der Waals surface area contributed by atoms with Gasteiger partial charge in [-0.2, -0.15) is 0 Å². The van der Waals surface area contributed by atoms with Crippen LogP contribution < -0.4 is 0 Å². The summed E-state index contributed by atoms with van der Waals surface area (Å²) in [7, 11) is 0. The Hall–Kier alpha value is -3.19. The first-order valence-electron chi connectivity index (χ1n) is 8.80. The van der Waals surface area contributed by atoms with Crippen LogP contribution >= 0.6 is 0 Å². The monoisotopic (exact) mass is 335 g/mol. The molecular formula is C25H21N. The molecule has 126 valence electrons. The quantitative estimate of drug-likeness (QED) is 0.391. The Morgan fingerprint density at radius 2 is 1.73 bits per heavy atom. The molecule has 0 aliphatic heterocycles. The van der Waals surface area contributed by atoms with Gasteiger partial charge in [-0.05, 0) is 65.6 Å². The molecule has 0 aliphatic carbocycles. The van der Waals surface area contributed by atoms with Gasteiger partial charge in [0.15, 0.2) is 0 Å². The number of benzene rings is 3. The van der Waals surface area contributed by atoms with E-state index < -0.39 is 0 Å². The molecule has 0 aliphatic rings. The number of aromatic nitrogens is 1. The van der Waals surface area contributed by atoms with E-state index in [-0.39, 0.29) is 0 Å². The fourth-order valence-electron chi connectivity index (χ4n) is 3.69. The summed E-state index contributed by atoms with van der Waals surface area (Å²) in [6, 6.07) is 21.2. The van der Waals surface area contributed by atoms with Crippen LogP contribution in [0, 0.1) is 6.92 Å². The van der Waals surface area contributed by atoms with E-state index in [0.29, 0.717) is 0 Å². The highest BCUT2D eigenvalue weighted by atomic mass is 14.7. The molecule has 0 unspecified atom stereocenters. The average Bonchev–Trinajstić information content (AvgIpc) is 2.66. The summed E-state index contributed by atoms with van der Waals surface area (Å²) in [4.78, 5) is 4.85. The number of allylic oxidation sites excluding steroid dienone is 1. The highest BCUT2D eigenvalue weighted by Crippen LogP contribution is 2.34. The Labute approximate surface area is 154 Å². The first-order valence-corrected chi connectivity index (χ1v) is 8.80. The molecule has 1 heterocycles. The maximum atomic E-state index is 4.85. The summed E-state index contributed by atoms with van der Waals surface area (Å²) in [6.45, 7) is 12.4. The number of nitrogens with zero attached hydrogens (tertiary/aromatic N) is 1. The summed E-state index contributed by atoms with van der Waals surface area (Å²) in [5.41, 5.74) is 7.75. The highest BCUT2D eigenvalue weighted by molar-refractivity contribution is 6.02. The van der Waals surface area contributed by atoms with Crippen LogP contribution in [0.25, 0.3) is 44.6 Å². The van der Waals surface area contributed by atoms with Crippen molar-refractivity contribution in [2.45, 2.75) is 13.8 Å². The first-order chi connectivity index (χ1) is 12.6. The number of aryl methyl sites for hydroxylation is 1. The van der Waals surface area contributed by atoms with Crippen LogP contribution in [0.3, 0.4) is 0 Å². The van der Waals surface area contributed by atoms with E-state index in [1.807, 2.05) is 18.2 Å². The summed E-state index contributed by atoms with van der Waals surface area (Å²) in [6.07, 6.45) is 1.93. The SMILES string of the molecule is C=Cc1cc(-c2ccc3ccccc3n2)cc2ccc(C)c(C(=C)C)c12. The molecule has 4 aromatic rings. The van der Waals surface area contributed by atoms with E-state index in [0.717, 1.165) is 33.3 Å². The normalized spacial score (nSPS) is 11.0. The largest absolute Gasteiger partial charge is 0.248 e. The van der Waals surface area contributed by atoms with Gasteiger partial charge in [0.25, 0.3) is 0 Å². The van der Waals surface area contributed by atoms with Crippen molar-refractivity contribution in [2.75, 3.05) is 0 Å². The van der Waals surface area contributed by atoms with Gasteiger partial charge >= 0.3 is 0 Å². The number of fused-ring (bicyclic) bond motifs is 2. The van der Waals surface area contributed by atoms with Crippen molar-refractivity contribution < 1.29 is 0 Å². The van der Waals surface area contributed by atoms with E-state index in [1.54, 1.807) is 0 Å². The molecule has 0 N–H and O–H groups in total. The maximum Gasteiger partial charge on any atom is 0.0710 e. The Kier molecular flexibility index (Phi) is 3.93. The predicted octanol–water partition coefficient (Wildman–Crippen LogP) is 7.04. The second-order valence-corrected chi connectivity index (χ2v) is 6.79. The van der Waals surface area contributed by atoms with Crippen molar-refractivity contribution in [3.8, 4) is 11.3 Å². The molecule has 0 spiro atoms. The van der Waals surface area contributed by atoms with Gasteiger partial charge in [0, 0.05) is 10.9 Å². The van der Waals surface area contributed by atoms with Gasteiger partial charge in [0.05, 0.1) is 11.2 Å². The van der Waals surface area contributed by atoms with E-state index in [4.69, 9.17) is 4.98 Å². The third-order valence-corrected chi connectivity index (χ3v) is 4.90. The van der Waals surface area contributed by atoms with Crippen molar-refractivity contribution in [1.29, 1.82) is 0 Å². The van der Waals surface area contributed by atoms with Crippen molar-refractivity contribution in [3.05, 3.63) is 90.5 Å². The summed E-state index contributed by atoms with van der Waals surface area (Å²) < 4.78 is 0. The zero-order valence-electron chi connectivity index (χ0n) is 15.2. The molecule has 0 saturated carbocycles. The third kappa shape index (κ3) is 2.62. The van der Waals surface area contributed by atoms with E-state index >= 15 is 0 Å². The molecule has 1 aromatic heterocycles. The van der Waals surface area contributed by atoms with E-state index in [2.05, 4.69) is 75.5 Å². The molecule has 1 heteroatoms. The van der Waals surface area contributed by atoms with Crippen molar-refractivity contribution >= 4 is 33.3 Å². The second-order valence-electron chi connectivity index (χ2n) is 6.79. The van der Waals surface area contributed by atoms with Crippen molar-refractivity contribution in [1.82, 2.24) is 4.98 Å². The zero-order chi connectivity index (χ0) is 18.3. The minimum atomic E-state index is 0.978. The molecule has 3 aromatic carbocycles. The molecular weight excluding hydrogens is 314 g/mol. The minimum absolute atomic E-state index is 0.978. The second kappa shape index (κ2) is 6.27. The van der Waals surface area contributed by atoms with Crippen molar-refractivity contribution in [2.24, 2.45) is 0 Å². The molecule has 4 rings (SSSR count). The molecule has 0 saturated heterocycles. The highest BCUT2D eigenvalue weighted by Gasteiger charge is 2.12. The average molecular weight is 335 g/mol. The number of para-hydroxylation sites is 1. The molecule has 0 amide bonds. The van der Waals surface area contributed by atoms with E-state index in [9.17, 15) is 0 Å². The number of pyridine rings is 1. The maximum absolute atomic E-state index is 4.85. The summed E-state index contributed by atoms with van der Waals surface area (Å²) >= 11 is 0. The van der Waals surface area contributed by atoms with Crippen LogP contribution in [0.5, 0.6) is 0 Å². The van der Waals surface area contributed by atoms with Crippen LogP contribution in [-0.4, -0.2) is 4.98 Å². The lowest BCUT2D eigenvalue weighted by Gasteiger charge is -2.15. The number of hydrogen-bond acceptors (Lipinski definition) is 1. The molecule has 0 bridgehead atoms. The van der Waals surface area contributed by atoms with Gasteiger partial charge in [0.1, 0.15) is 0 Å². The van der Waals surface area contributed by atoms with Gasteiger partial charge in [0.2, 0.25) is 0 Å². The molecule has 1 nitrogen and oxygen atoms in total. The van der Waals surface area contributed by atoms with E-state index in [1.165, 1.54) is 21.9 Å². The van der Waals surface area contributed by atoms with Gasteiger partial charge in [-0.3, -0.25) is 0 Å². The Bertz CT molecular complexity index is 1180. The Morgan fingerprint density at radius 1 is 0.962 bits per heavy atom. The lowest BCUT2D eigenvalue weighted by molar-refractivity contribution is 1.40. The smallest absolute Gasteiger partial charge is 0.0710 e. The van der Waals surface area contributed by atoms with Crippen LogP contribution in [-0.2, 0) is 0 Å². The summed E-state index contributed by atoms with van der Waals surface area (Å²) in [5.74, 6) is 0. The fourth-order valence-corrected chi connectivity index (χ4v) is 3.69. The van der Waals surface area contributed by atoms with Crippen LogP contribution in [0.4, 0.5) is 0 Å². The first kappa shape index (κ1) is 16.3. The number of rotatable bonds is 3. The summed E-state index contributed by atoms with van der Waals surface area (Å²) in [5, 5.41) is 3.56. The minimum Gasteiger partial charge on any atom is -0.248 e. The molecule has 0 fully saturated rings. The fraction of sp³-hybridized carbons (Fsp3) is 0.0800. The number of hydrogen-bond donors (Lipinski definition) is 0. The Balaban J connectivity index is 2.01. The predicted molar refractivity (Wildman–Crippen MR) is 114 cm³/mol. The Morgan fingerprint density at radius 3 is 2.50 bits per heavy atom. The molecule has 26 heavy (non-hydrogen) atoms.